The van der Waals surface area contributed by atoms with Crippen molar-refractivity contribution in [2.45, 2.75) is 18.9 Å². The number of rotatable bonds is 2. The quantitative estimate of drug-likeness (QED) is 0.650. The zero-order valence-electron chi connectivity index (χ0n) is 9.10. The van der Waals surface area contributed by atoms with E-state index < -0.39 is 0 Å². The summed E-state index contributed by atoms with van der Waals surface area (Å²) in [7, 11) is 0. The maximum absolute atomic E-state index is 13.5. The Hall–Kier alpha value is -0.520. The minimum absolute atomic E-state index is 0.0963. The van der Waals surface area contributed by atoms with E-state index in [2.05, 4.69) is 36.8 Å². The maximum Gasteiger partial charge on any atom is 0.128 e. The number of halogens is 3. The summed E-state index contributed by atoms with van der Waals surface area (Å²) < 4.78 is 14.0. The topological polar surface area (TPSA) is 33.1 Å². The van der Waals surface area contributed by atoms with Gasteiger partial charge in [-0.1, -0.05) is 15.9 Å². The molecule has 5 heteroatoms. The van der Waals surface area contributed by atoms with Crippen LogP contribution in [0, 0.1) is 12.7 Å². The second-order valence-electron chi connectivity index (χ2n) is 3.77. The van der Waals surface area contributed by atoms with Gasteiger partial charge in [0.25, 0.3) is 0 Å². The molecule has 0 unspecified atom stereocenters. The summed E-state index contributed by atoms with van der Waals surface area (Å²) in [5.41, 5.74) is 2.84. The van der Waals surface area contributed by atoms with E-state index in [0.717, 1.165) is 16.5 Å². The summed E-state index contributed by atoms with van der Waals surface area (Å²) in [5.74, 6) is -0.269. The van der Waals surface area contributed by atoms with E-state index in [0.29, 0.717) is 21.0 Å². The monoisotopic (exact) mass is 361 g/mol. The number of aliphatic hydroxyl groups is 1. The first-order valence-electron chi connectivity index (χ1n) is 5.02. The summed E-state index contributed by atoms with van der Waals surface area (Å²) in [6, 6.07) is 3.18. The molecule has 0 saturated heterocycles. The first kappa shape index (κ1) is 12.9. The number of nitrogens with zero attached hydrogens (tertiary/aromatic N) is 1. The molecule has 1 aromatic heterocycles. The van der Waals surface area contributed by atoms with E-state index in [-0.39, 0.29) is 12.4 Å². The van der Waals surface area contributed by atoms with E-state index in [9.17, 15) is 9.50 Å². The van der Waals surface area contributed by atoms with E-state index in [1.165, 1.54) is 6.07 Å². The number of alkyl halides is 1. The molecule has 1 heterocycles. The molecule has 1 aromatic carbocycles. The van der Waals surface area contributed by atoms with E-state index in [4.69, 9.17) is 0 Å². The van der Waals surface area contributed by atoms with Crippen LogP contribution in [0.5, 0.6) is 0 Å². The lowest BCUT2D eigenvalue weighted by atomic mass is 10.0. The highest BCUT2D eigenvalue weighted by Gasteiger charge is 2.13. The second-order valence-corrected chi connectivity index (χ2v) is 5.08. The van der Waals surface area contributed by atoms with Crippen LogP contribution in [-0.4, -0.2) is 10.1 Å². The van der Waals surface area contributed by atoms with E-state index >= 15 is 0 Å². The third kappa shape index (κ3) is 2.23. The van der Waals surface area contributed by atoms with Crippen LogP contribution in [0.4, 0.5) is 4.39 Å². The number of hydrogen-bond donors (Lipinski definition) is 1. The molecular formula is C12H10Br2FNO. The SMILES string of the molecule is Cc1cc2c(CBr)c(CO)c(Br)nc2cc1F. The first-order valence-corrected chi connectivity index (χ1v) is 6.93. The Kier molecular flexibility index (Phi) is 3.80. The molecule has 0 bridgehead atoms. The molecule has 1 N–H and O–H groups in total. The summed E-state index contributed by atoms with van der Waals surface area (Å²) in [6.07, 6.45) is 0. The van der Waals surface area contributed by atoms with Crippen molar-refractivity contribution in [1.82, 2.24) is 4.98 Å². The van der Waals surface area contributed by atoms with Crippen molar-refractivity contribution in [2.24, 2.45) is 0 Å². The normalized spacial score (nSPS) is 11.1. The third-order valence-electron chi connectivity index (χ3n) is 2.73. The maximum atomic E-state index is 13.5. The number of benzene rings is 1. The summed E-state index contributed by atoms with van der Waals surface area (Å²) in [6.45, 7) is 1.62. The van der Waals surface area contributed by atoms with Gasteiger partial charge in [-0.25, -0.2) is 9.37 Å². The fraction of sp³-hybridized carbons (Fsp3) is 0.250. The molecule has 2 aromatic rings. The zero-order valence-corrected chi connectivity index (χ0v) is 12.3. The van der Waals surface area contributed by atoms with Crippen LogP contribution in [0.3, 0.4) is 0 Å². The van der Waals surface area contributed by atoms with Crippen LogP contribution in [-0.2, 0) is 11.9 Å². The molecule has 2 rings (SSSR count). The van der Waals surface area contributed by atoms with Gasteiger partial charge in [-0.3, -0.25) is 0 Å². The summed E-state index contributed by atoms with van der Waals surface area (Å²) >= 11 is 6.69. The van der Waals surface area contributed by atoms with Gasteiger partial charge in [0.05, 0.1) is 12.1 Å². The number of fused-ring (bicyclic) bond motifs is 1. The molecule has 17 heavy (non-hydrogen) atoms. The van der Waals surface area contributed by atoms with Crippen molar-refractivity contribution >= 4 is 42.8 Å². The molecule has 0 fully saturated rings. The van der Waals surface area contributed by atoms with Gasteiger partial charge < -0.3 is 5.11 Å². The molecule has 0 atom stereocenters. The van der Waals surface area contributed by atoms with E-state index in [1.807, 2.05) is 0 Å². The number of aryl methyl sites for hydroxylation is 1. The Bertz CT molecular complexity index is 586. The van der Waals surface area contributed by atoms with Crippen molar-refractivity contribution in [3.05, 3.63) is 39.2 Å². The predicted molar refractivity (Wildman–Crippen MR) is 72.7 cm³/mol. The number of aromatic nitrogens is 1. The minimum atomic E-state index is -0.269. The lowest BCUT2D eigenvalue weighted by molar-refractivity contribution is 0.280. The van der Waals surface area contributed by atoms with Crippen molar-refractivity contribution in [2.75, 3.05) is 0 Å². The third-order valence-corrected chi connectivity index (χ3v) is 3.94. The Morgan fingerprint density at radius 1 is 1.35 bits per heavy atom. The standard InChI is InChI=1S/C12H10Br2FNO/c1-6-2-7-8(4-13)9(5-17)12(14)16-11(7)3-10(6)15/h2-3,17H,4-5H2,1H3. The van der Waals surface area contributed by atoms with Gasteiger partial charge in [-0.2, -0.15) is 0 Å². The zero-order chi connectivity index (χ0) is 12.6. The fourth-order valence-corrected chi connectivity index (χ4v) is 2.98. The average Bonchev–Trinajstić information content (AvgIpc) is 2.30. The fourth-order valence-electron chi connectivity index (χ4n) is 1.78. The highest BCUT2D eigenvalue weighted by atomic mass is 79.9. The molecule has 0 aliphatic heterocycles. The molecule has 90 valence electrons. The van der Waals surface area contributed by atoms with E-state index in [1.54, 1.807) is 13.0 Å². The van der Waals surface area contributed by atoms with Gasteiger partial charge in [0.2, 0.25) is 0 Å². The van der Waals surface area contributed by atoms with Crippen LogP contribution < -0.4 is 0 Å². The van der Waals surface area contributed by atoms with Crippen LogP contribution in [0.1, 0.15) is 16.7 Å². The molecule has 0 amide bonds. The van der Waals surface area contributed by atoms with Gasteiger partial charge in [-0.15, -0.1) is 0 Å². The van der Waals surface area contributed by atoms with Crippen LogP contribution in [0.15, 0.2) is 16.7 Å². The molecule has 0 radical (unpaired) electrons. The van der Waals surface area contributed by atoms with Gasteiger partial charge in [0.1, 0.15) is 10.4 Å². The summed E-state index contributed by atoms with van der Waals surface area (Å²) in [5, 5.41) is 10.8. The predicted octanol–water partition coefficient (Wildman–Crippen LogP) is 3.83. The Morgan fingerprint density at radius 3 is 2.65 bits per heavy atom. The Morgan fingerprint density at radius 2 is 2.06 bits per heavy atom. The van der Waals surface area contributed by atoms with Crippen molar-refractivity contribution in [3.63, 3.8) is 0 Å². The number of hydrogen-bond acceptors (Lipinski definition) is 2. The Balaban J connectivity index is 2.89. The molecule has 0 aliphatic carbocycles. The smallest absolute Gasteiger partial charge is 0.128 e. The van der Waals surface area contributed by atoms with Crippen molar-refractivity contribution in [1.29, 1.82) is 0 Å². The highest BCUT2D eigenvalue weighted by molar-refractivity contribution is 9.10. The molecule has 0 aliphatic rings. The average molecular weight is 363 g/mol. The highest BCUT2D eigenvalue weighted by Crippen LogP contribution is 2.30. The molecular weight excluding hydrogens is 353 g/mol. The van der Waals surface area contributed by atoms with Gasteiger partial charge in [-0.05, 0) is 40.0 Å². The molecule has 0 saturated carbocycles. The van der Waals surface area contributed by atoms with Gasteiger partial charge >= 0.3 is 0 Å². The van der Waals surface area contributed by atoms with Crippen molar-refractivity contribution in [3.8, 4) is 0 Å². The first-order chi connectivity index (χ1) is 8.08. The second kappa shape index (κ2) is 5.00. The lowest BCUT2D eigenvalue weighted by Gasteiger charge is -2.11. The minimum Gasteiger partial charge on any atom is -0.392 e. The Labute approximate surface area is 115 Å². The van der Waals surface area contributed by atoms with Crippen molar-refractivity contribution < 1.29 is 9.50 Å². The number of aliphatic hydroxyl groups excluding tert-OH is 1. The number of pyridine rings is 1. The molecule has 0 spiro atoms. The van der Waals surface area contributed by atoms with Crippen LogP contribution in [0.2, 0.25) is 0 Å². The van der Waals surface area contributed by atoms with Crippen LogP contribution in [0.25, 0.3) is 10.9 Å². The van der Waals surface area contributed by atoms with Gasteiger partial charge in [0, 0.05) is 22.3 Å². The summed E-state index contributed by atoms with van der Waals surface area (Å²) in [4.78, 5) is 4.25. The van der Waals surface area contributed by atoms with Crippen LogP contribution >= 0.6 is 31.9 Å². The lowest BCUT2D eigenvalue weighted by Crippen LogP contribution is -1.99. The van der Waals surface area contributed by atoms with Gasteiger partial charge in [0.15, 0.2) is 0 Å². The molecule has 2 nitrogen and oxygen atoms in total. The largest absolute Gasteiger partial charge is 0.392 e.